The molecule has 0 atom stereocenters. The van der Waals surface area contributed by atoms with Gasteiger partial charge in [-0.15, -0.1) is 0 Å². The number of sulfonamides is 1. The van der Waals surface area contributed by atoms with Crippen molar-refractivity contribution in [2.45, 2.75) is 11.5 Å². The van der Waals surface area contributed by atoms with Gasteiger partial charge in [-0.05, 0) is 24.3 Å². The van der Waals surface area contributed by atoms with Crippen LogP contribution in [-0.2, 0) is 14.8 Å². The van der Waals surface area contributed by atoms with Crippen molar-refractivity contribution in [1.29, 1.82) is 0 Å². The second kappa shape index (κ2) is 10.5. The summed E-state index contributed by atoms with van der Waals surface area (Å²) < 4.78 is 62.3. The van der Waals surface area contributed by atoms with Crippen LogP contribution in [0.15, 0.2) is 47.4 Å². The fourth-order valence-electron chi connectivity index (χ4n) is 3.11. The molecule has 0 saturated carbocycles. The first-order valence-corrected chi connectivity index (χ1v) is 11.1. The van der Waals surface area contributed by atoms with Crippen LogP contribution in [0.1, 0.15) is 0 Å². The number of benzene rings is 2. The van der Waals surface area contributed by atoms with Crippen LogP contribution < -0.4 is 14.8 Å². The van der Waals surface area contributed by atoms with Gasteiger partial charge in [0, 0.05) is 32.2 Å². The molecule has 0 amide bonds. The van der Waals surface area contributed by atoms with Crippen molar-refractivity contribution in [1.82, 2.24) is 4.90 Å². The Morgan fingerprint density at radius 1 is 1.16 bits per heavy atom. The van der Waals surface area contributed by atoms with E-state index in [1.807, 2.05) is 0 Å². The summed E-state index contributed by atoms with van der Waals surface area (Å²) in [5.74, 6) is -0.373. The number of morpholine rings is 1. The molecule has 1 aliphatic heterocycles. The second-order valence-electron chi connectivity index (χ2n) is 6.80. The largest absolute Gasteiger partial charge is 0.433 e. The van der Waals surface area contributed by atoms with Crippen LogP contribution in [0.2, 0.25) is 0 Å². The number of nitro benzene ring substituents is 1. The average molecular weight is 472 g/mol. The van der Waals surface area contributed by atoms with E-state index in [0.29, 0.717) is 26.3 Å². The summed E-state index contributed by atoms with van der Waals surface area (Å²) >= 11 is 0. The summed E-state index contributed by atoms with van der Waals surface area (Å²) in [5.41, 5.74) is -0.473. The zero-order chi connectivity index (χ0) is 23.1. The van der Waals surface area contributed by atoms with Gasteiger partial charge in [-0.25, -0.2) is 8.42 Å². The molecule has 2 aromatic carbocycles. The molecule has 1 aliphatic rings. The fraction of sp³-hybridized carbons (Fsp3) is 0.368. The van der Waals surface area contributed by atoms with Crippen molar-refractivity contribution in [3.8, 4) is 5.75 Å². The fourth-order valence-corrected chi connectivity index (χ4v) is 4.20. The summed E-state index contributed by atoms with van der Waals surface area (Å²) in [6.45, 7) is 0.708. The maximum atomic E-state index is 12.7. The van der Waals surface area contributed by atoms with Crippen LogP contribution in [0.5, 0.6) is 5.75 Å². The van der Waals surface area contributed by atoms with E-state index in [4.69, 9.17) is 4.74 Å². The molecule has 0 aliphatic carbocycles. The molecule has 1 fully saturated rings. The number of ether oxygens (including phenoxy) is 2. The zero-order valence-corrected chi connectivity index (χ0v) is 17.7. The number of rotatable bonds is 10. The minimum absolute atomic E-state index is 0.170. The standard InChI is InChI=1S/C19H22F2N4O6S/c20-19(21)31-18-4-2-1-3-16(18)23-32(28,29)14-5-6-15(17(13-14)25(26)27)22-7-8-24-9-11-30-12-10-24/h1-6,13,19,22-23H,7-12H2. The Kier molecular flexibility index (Phi) is 7.77. The van der Waals surface area contributed by atoms with Gasteiger partial charge in [-0.1, -0.05) is 12.1 Å². The van der Waals surface area contributed by atoms with Gasteiger partial charge in [-0.3, -0.25) is 19.7 Å². The minimum Gasteiger partial charge on any atom is -0.433 e. The molecular formula is C19H22F2N4O6S. The molecule has 0 bridgehead atoms. The lowest BCUT2D eigenvalue weighted by Crippen LogP contribution is -2.39. The molecule has 3 rings (SSSR count). The molecule has 10 nitrogen and oxygen atoms in total. The van der Waals surface area contributed by atoms with Crippen LogP contribution in [0.3, 0.4) is 0 Å². The Morgan fingerprint density at radius 3 is 2.56 bits per heavy atom. The predicted octanol–water partition coefficient (Wildman–Crippen LogP) is 2.74. The molecule has 13 heteroatoms. The van der Waals surface area contributed by atoms with E-state index in [0.717, 1.165) is 19.2 Å². The number of alkyl halides is 2. The summed E-state index contributed by atoms with van der Waals surface area (Å²) in [6.07, 6.45) is 0. The second-order valence-corrected chi connectivity index (χ2v) is 8.48. The molecule has 32 heavy (non-hydrogen) atoms. The Morgan fingerprint density at radius 2 is 1.88 bits per heavy atom. The zero-order valence-electron chi connectivity index (χ0n) is 16.9. The maximum Gasteiger partial charge on any atom is 0.387 e. The number of nitrogens with one attached hydrogen (secondary N) is 2. The van der Waals surface area contributed by atoms with Gasteiger partial charge in [0.25, 0.3) is 15.7 Å². The van der Waals surface area contributed by atoms with Crippen molar-refractivity contribution in [3.63, 3.8) is 0 Å². The first-order valence-electron chi connectivity index (χ1n) is 9.65. The lowest BCUT2D eigenvalue weighted by atomic mass is 10.2. The van der Waals surface area contributed by atoms with Gasteiger partial charge >= 0.3 is 6.61 Å². The van der Waals surface area contributed by atoms with Gasteiger partial charge in [0.1, 0.15) is 11.4 Å². The summed E-state index contributed by atoms with van der Waals surface area (Å²) in [7, 11) is -4.31. The van der Waals surface area contributed by atoms with Gasteiger partial charge in [-0.2, -0.15) is 8.78 Å². The first-order chi connectivity index (χ1) is 15.3. The Labute approximate surface area is 183 Å². The Hall–Kier alpha value is -3.03. The summed E-state index contributed by atoms with van der Waals surface area (Å²) in [6, 6.07) is 8.66. The molecule has 0 radical (unpaired) electrons. The molecular weight excluding hydrogens is 450 g/mol. The van der Waals surface area contributed by atoms with Gasteiger partial charge in [0.15, 0.2) is 0 Å². The van der Waals surface area contributed by atoms with Crippen molar-refractivity contribution >= 4 is 27.1 Å². The van der Waals surface area contributed by atoms with Crippen molar-refractivity contribution in [2.75, 3.05) is 49.4 Å². The summed E-state index contributed by atoms with van der Waals surface area (Å²) in [5, 5.41) is 14.5. The van der Waals surface area contributed by atoms with Gasteiger partial charge in [0.2, 0.25) is 0 Å². The van der Waals surface area contributed by atoms with E-state index in [9.17, 15) is 27.3 Å². The Balaban J connectivity index is 1.76. The Bertz CT molecular complexity index is 1050. The smallest absolute Gasteiger partial charge is 0.387 e. The SMILES string of the molecule is O=[N+]([O-])c1cc(S(=O)(=O)Nc2ccccc2OC(F)F)ccc1NCCN1CCOCC1. The number of halogens is 2. The molecule has 1 saturated heterocycles. The highest BCUT2D eigenvalue weighted by atomic mass is 32.2. The number of anilines is 2. The van der Waals surface area contributed by atoms with Crippen LogP contribution in [-0.4, -0.2) is 64.2 Å². The first kappa shape index (κ1) is 23.6. The number of hydrogen-bond donors (Lipinski definition) is 2. The quantitative estimate of drug-likeness (QED) is 0.400. The average Bonchev–Trinajstić information content (AvgIpc) is 2.75. The lowest BCUT2D eigenvalue weighted by Gasteiger charge is -2.26. The molecule has 2 N–H and O–H groups in total. The third-order valence-corrected chi connectivity index (χ3v) is 6.03. The van der Waals surface area contributed by atoms with Gasteiger partial charge < -0.3 is 14.8 Å². The number of hydrogen-bond acceptors (Lipinski definition) is 8. The maximum absolute atomic E-state index is 12.7. The minimum atomic E-state index is -4.31. The number of para-hydroxylation sites is 2. The highest BCUT2D eigenvalue weighted by molar-refractivity contribution is 7.92. The van der Waals surface area contributed by atoms with Crippen LogP contribution in [0.4, 0.5) is 25.8 Å². The van der Waals surface area contributed by atoms with Crippen LogP contribution in [0.25, 0.3) is 0 Å². The monoisotopic (exact) mass is 472 g/mol. The van der Waals surface area contributed by atoms with E-state index >= 15 is 0 Å². The number of nitrogens with zero attached hydrogens (tertiary/aromatic N) is 2. The van der Waals surface area contributed by atoms with Crippen LogP contribution in [0, 0.1) is 10.1 Å². The molecule has 0 unspecified atom stereocenters. The molecule has 0 aromatic heterocycles. The molecule has 1 heterocycles. The van der Waals surface area contributed by atoms with E-state index in [-0.39, 0.29) is 17.1 Å². The van der Waals surface area contributed by atoms with Crippen molar-refractivity contribution in [3.05, 3.63) is 52.6 Å². The third-order valence-electron chi connectivity index (χ3n) is 4.67. The third kappa shape index (κ3) is 6.24. The van der Waals surface area contributed by atoms with E-state index < -0.39 is 32.1 Å². The van der Waals surface area contributed by atoms with E-state index in [2.05, 4.69) is 19.7 Å². The summed E-state index contributed by atoms with van der Waals surface area (Å²) in [4.78, 5) is 12.6. The van der Waals surface area contributed by atoms with E-state index in [1.54, 1.807) is 0 Å². The highest BCUT2D eigenvalue weighted by Crippen LogP contribution is 2.31. The molecule has 0 spiro atoms. The van der Waals surface area contributed by atoms with Crippen LogP contribution >= 0.6 is 0 Å². The molecule has 2 aromatic rings. The lowest BCUT2D eigenvalue weighted by molar-refractivity contribution is -0.384. The molecule has 174 valence electrons. The van der Waals surface area contributed by atoms with E-state index in [1.165, 1.54) is 36.4 Å². The van der Waals surface area contributed by atoms with Crippen molar-refractivity contribution in [2.24, 2.45) is 0 Å². The van der Waals surface area contributed by atoms with Gasteiger partial charge in [0.05, 0.1) is 28.7 Å². The predicted molar refractivity (Wildman–Crippen MR) is 113 cm³/mol. The topological polar surface area (TPSA) is 123 Å². The normalized spacial score (nSPS) is 14.8. The van der Waals surface area contributed by atoms with Crippen molar-refractivity contribution < 1.29 is 31.6 Å². The number of nitro groups is 1. The highest BCUT2D eigenvalue weighted by Gasteiger charge is 2.23.